The van der Waals surface area contributed by atoms with Gasteiger partial charge in [0, 0.05) is 12.1 Å². The molecule has 2 aromatic carbocycles. The highest BCUT2D eigenvalue weighted by atomic mass is 32.2. The number of sulfonamides is 1. The minimum Gasteiger partial charge on any atom is -0.351 e. The molecule has 2 aromatic rings. The van der Waals surface area contributed by atoms with Gasteiger partial charge in [-0.1, -0.05) is 36.4 Å². The van der Waals surface area contributed by atoms with Gasteiger partial charge in [-0.05, 0) is 44.0 Å². The van der Waals surface area contributed by atoms with Crippen LogP contribution in [0, 0.1) is 6.92 Å². The molecular formula is C19H22N2O4S. The molecule has 2 rings (SSSR count). The molecule has 0 aliphatic rings. The summed E-state index contributed by atoms with van der Waals surface area (Å²) in [5.41, 5.74) is 2.44. The van der Waals surface area contributed by atoms with Crippen LogP contribution < -0.4 is 10.0 Å². The second-order valence-electron chi connectivity index (χ2n) is 6.07. The van der Waals surface area contributed by atoms with E-state index in [1.807, 2.05) is 31.2 Å². The number of aryl methyl sites for hydroxylation is 1. The van der Waals surface area contributed by atoms with E-state index in [0.29, 0.717) is 12.1 Å². The third-order valence-electron chi connectivity index (χ3n) is 4.01. The average molecular weight is 374 g/mol. The average Bonchev–Trinajstić information content (AvgIpc) is 2.60. The maximum Gasteiger partial charge on any atom is 0.241 e. The SMILES string of the molecule is CC(=O)c1ccc(S(=O)(=O)N[C@@H](C)C(=O)NCc2ccccc2C)cc1. The van der Waals surface area contributed by atoms with Gasteiger partial charge < -0.3 is 5.32 Å². The van der Waals surface area contributed by atoms with Gasteiger partial charge in [0.25, 0.3) is 0 Å². The summed E-state index contributed by atoms with van der Waals surface area (Å²) in [5, 5.41) is 2.73. The van der Waals surface area contributed by atoms with Crippen molar-refractivity contribution in [1.29, 1.82) is 0 Å². The Kier molecular flexibility index (Phi) is 6.28. The molecule has 1 amide bonds. The molecule has 1 atom stereocenters. The van der Waals surface area contributed by atoms with Crippen molar-refractivity contribution in [2.75, 3.05) is 0 Å². The van der Waals surface area contributed by atoms with Gasteiger partial charge in [-0.15, -0.1) is 0 Å². The van der Waals surface area contributed by atoms with Crippen molar-refractivity contribution in [2.45, 2.75) is 38.3 Å². The summed E-state index contributed by atoms with van der Waals surface area (Å²) in [5.74, 6) is -0.567. The van der Waals surface area contributed by atoms with Crippen LogP contribution in [0.15, 0.2) is 53.4 Å². The molecule has 0 saturated carbocycles. The van der Waals surface area contributed by atoms with Crippen LogP contribution in [0.4, 0.5) is 0 Å². The minimum atomic E-state index is -3.86. The normalized spacial score (nSPS) is 12.4. The van der Waals surface area contributed by atoms with E-state index in [1.165, 1.54) is 38.1 Å². The van der Waals surface area contributed by atoms with Crippen molar-refractivity contribution < 1.29 is 18.0 Å². The zero-order valence-electron chi connectivity index (χ0n) is 14.9. The number of hydrogen-bond donors (Lipinski definition) is 2. The van der Waals surface area contributed by atoms with Crippen LogP contribution >= 0.6 is 0 Å². The van der Waals surface area contributed by atoms with Crippen LogP contribution in [0.2, 0.25) is 0 Å². The number of ketones is 1. The van der Waals surface area contributed by atoms with Gasteiger partial charge in [-0.3, -0.25) is 9.59 Å². The first-order valence-corrected chi connectivity index (χ1v) is 9.64. The van der Waals surface area contributed by atoms with Crippen LogP contribution in [0.5, 0.6) is 0 Å². The number of benzene rings is 2. The fourth-order valence-electron chi connectivity index (χ4n) is 2.37. The summed E-state index contributed by atoms with van der Waals surface area (Å²) in [6.45, 7) is 5.15. The Morgan fingerprint density at radius 1 is 1.04 bits per heavy atom. The Balaban J connectivity index is 2.00. The van der Waals surface area contributed by atoms with E-state index in [0.717, 1.165) is 11.1 Å². The van der Waals surface area contributed by atoms with Crippen molar-refractivity contribution in [2.24, 2.45) is 0 Å². The fraction of sp³-hybridized carbons (Fsp3) is 0.263. The Labute approximate surface area is 153 Å². The second-order valence-corrected chi connectivity index (χ2v) is 7.78. The lowest BCUT2D eigenvalue weighted by Gasteiger charge is -2.15. The molecule has 0 aromatic heterocycles. The number of Topliss-reactive ketones (excluding diaryl/α,β-unsaturated/α-hetero) is 1. The third kappa shape index (κ3) is 5.00. The smallest absolute Gasteiger partial charge is 0.241 e. The standard InChI is InChI=1S/C19H22N2O4S/c1-13-6-4-5-7-17(13)12-20-19(23)14(2)21-26(24,25)18-10-8-16(9-11-18)15(3)22/h4-11,14,21H,12H2,1-3H3,(H,20,23)/t14-/m0/s1. The van der Waals surface area contributed by atoms with Gasteiger partial charge in [0.15, 0.2) is 5.78 Å². The predicted octanol–water partition coefficient (Wildman–Crippen LogP) is 2.18. The van der Waals surface area contributed by atoms with Crippen molar-refractivity contribution in [3.05, 3.63) is 65.2 Å². The van der Waals surface area contributed by atoms with Crippen molar-refractivity contribution in [3.8, 4) is 0 Å². The largest absolute Gasteiger partial charge is 0.351 e. The molecule has 0 fully saturated rings. The topological polar surface area (TPSA) is 92.3 Å². The van der Waals surface area contributed by atoms with Gasteiger partial charge in [-0.25, -0.2) is 8.42 Å². The molecular weight excluding hydrogens is 352 g/mol. The minimum absolute atomic E-state index is 0.000976. The van der Waals surface area contributed by atoms with Crippen molar-refractivity contribution in [3.63, 3.8) is 0 Å². The van der Waals surface area contributed by atoms with Gasteiger partial charge >= 0.3 is 0 Å². The highest BCUT2D eigenvalue weighted by Gasteiger charge is 2.22. The quantitative estimate of drug-likeness (QED) is 0.727. The first-order chi connectivity index (χ1) is 12.2. The van der Waals surface area contributed by atoms with Crippen LogP contribution in [-0.4, -0.2) is 26.2 Å². The molecule has 0 aliphatic carbocycles. The van der Waals surface area contributed by atoms with Gasteiger partial charge in [-0.2, -0.15) is 4.72 Å². The van der Waals surface area contributed by atoms with Crippen LogP contribution in [0.3, 0.4) is 0 Å². The molecule has 138 valence electrons. The molecule has 6 nitrogen and oxygen atoms in total. The summed E-state index contributed by atoms with van der Waals surface area (Å²) in [4.78, 5) is 23.5. The molecule has 0 spiro atoms. The van der Waals surface area contributed by atoms with E-state index in [9.17, 15) is 18.0 Å². The molecule has 0 bridgehead atoms. The van der Waals surface area contributed by atoms with E-state index in [2.05, 4.69) is 10.0 Å². The number of carbonyl (C=O) groups is 2. The van der Waals surface area contributed by atoms with Crippen LogP contribution in [-0.2, 0) is 21.4 Å². The second kappa shape index (κ2) is 8.25. The highest BCUT2D eigenvalue weighted by molar-refractivity contribution is 7.89. The number of hydrogen-bond acceptors (Lipinski definition) is 4. The number of carbonyl (C=O) groups excluding carboxylic acids is 2. The van der Waals surface area contributed by atoms with Crippen molar-refractivity contribution in [1.82, 2.24) is 10.0 Å². The lowest BCUT2D eigenvalue weighted by atomic mass is 10.1. The monoisotopic (exact) mass is 374 g/mol. The molecule has 2 N–H and O–H groups in total. The maximum atomic E-state index is 12.4. The van der Waals surface area contributed by atoms with E-state index >= 15 is 0 Å². The molecule has 0 radical (unpaired) electrons. The van der Waals surface area contributed by atoms with Crippen LogP contribution in [0.1, 0.15) is 35.3 Å². The maximum absolute atomic E-state index is 12.4. The lowest BCUT2D eigenvalue weighted by Crippen LogP contribution is -2.44. The van der Waals surface area contributed by atoms with Gasteiger partial charge in [0.2, 0.25) is 15.9 Å². The molecule has 0 saturated heterocycles. The van der Waals surface area contributed by atoms with E-state index in [4.69, 9.17) is 0 Å². The fourth-order valence-corrected chi connectivity index (χ4v) is 3.57. The molecule has 0 aliphatic heterocycles. The lowest BCUT2D eigenvalue weighted by molar-refractivity contribution is -0.122. The predicted molar refractivity (Wildman–Crippen MR) is 99.3 cm³/mol. The van der Waals surface area contributed by atoms with E-state index in [-0.39, 0.29) is 10.7 Å². The Morgan fingerprint density at radius 3 is 2.23 bits per heavy atom. The van der Waals surface area contributed by atoms with Crippen molar-refractivity contribution >= 4 is 21.7 Å². The molecule has 0 heterocycles. The summed E-state index contributed by atoms with van der Waals surface area (Å²) in [7, 11) is -3.86. The highest BCUT2D eigenvalue weighted by Crippen LogP contribution is 2.12. The van der Waals surface area contributed by atoms with E-state index in [1.54, 1.807) is 0 Å². The summed E-state index contributed by atoms with van der Waals surface area (Å²) in [6.07, 6.45) is 0. The Bertz CT molecular complexity index is 905. The van der Waals surface area contributed by atoms with Crippen LogP contribution in [0.25, 0.3) is 0 Å². The number of rotatable bonds is 7. The third-order valence-corrected chi connectivity index (χ3v) is 5.57. The summed E-state index contributed by atoms with van der Waals surface area (Å²) in [6, 6.07) is 12.3. The first-order valence-electron chi connectivity index (χ1n) is 8.16. The zero-order chi connectivity index (χ0) is 19.3. The van der Waals surface area contributed by atoms with Gasteiger partial charge in [0.1, 0.15) is 0 Å². The summed E-state index contributed by atoms with van der Waals surface area (Å²) < 4.78 is 27.1. The summed E-state index contributed by atoms with van der Waals surface area (Å²) >= 11 is 0. The zero-order valence-corrected chi connectivity index (χ0v) is 15.8. The Hall–Kier alpha value is -2.51. The van der Waals surface area contributed by atoms with E-state index < -0.39 is 22.0 Å². The first kappa shape index (κ1) is 19.8. The number of amides is 1. The molecule has 26 heavy (non-hydrogen) atoms. The Morgan fingerprint density at radius 2 is 1.65 bits per heavy atom. The molecule has 0 unspecified atom stereocenters. The molecule has 7 heteroatoms. The van der Waals surface area contributed by atoms with Gasteiger partial charge in [0.05, 0.1) is 10.9 Å². The number of nitrogens with one attached hydrogen (secondary N) is 2.